The van der Waals surface area contributed by atoms with Gasteiger partial charge in [0.1, 0.15) is 12.4 Å². The molecule has 2 atom stereocenters. The van der Waals surface area contributed by atoms with Gasteiger partial charge < -0.3 is 14.2 Å². The molecular formula is C30H35NO6Si. The summed E-state index contributed by atoms with van der Waals surface area (Å²) in [5.41, 5.74) is 2.71. The van der Waals surface area contributed by atoms with Crippen LogP contribution < -0.4 is 14.7 Å². The van der Waals surface area contributed by atoms with Crippen molar-refractivity contribution in [3.05, 3.63) is 93.5 Å². The third-order valence-electron chi connectivity index (χ3n) is 7.09. The molecule has 0 aromatic heterocycles. The maximum Gasteiger partial charge on any atom is 0.311 e. The Morgan fingerprint density at radius 2 is 1.84 bits per heavy atom. The number of nitrogens with zero attached hydrogens (tertiary/aromatic N) is 1. The molecule has 0 spiro atoms. The highest BCUT2D eigenvalue weighted by Gasteiger charge is 2.32. The van der Waals surface area contributed by atoms with Gasteiger partial charge in [-0.2, -0.15) is 0 Å². The fourth-order valence-corrected chi connectivity index (χ4v) is 7.01. The van der Waals surface area contributed by atoms with Crippen molar-refractivity contribution in [3.8, 4) is 11.5 Å². The van der Waals surface area contributed by atoms with Crippen LogP contribution in [0.4, 0.5) is 5.69 Å². The lowest BCUT2D eigenvalue weighted by atomic mass is 9.84. The zero-order chi connectivity index (χ0) is 26.9. The number of unbranched alkanes of at least 4 members (excludes halogenated alkanes) is 1. The molecule has 1 fully saturated rings. The molecule has 0 saturated carbocycles. The number of methoxy groups -OCH3 is 1. The van der Waals surface area contributed by atoms with Crippen LogP contribution in [0.3, 0.4) is 0 Å². The van der Waals surface area contributed by atoms with Crippen molar-refractivity contribution in [2.45, 2.75) is 51.2 Å². The molecule has 0 radical (unpaired) electrons. The molecule has 38 heavy (non-hydrogen) atoms. The van der Waals surface area contributed by atoms with Crippen LogP contribution in [0, 0.1) is 16.0 Å². The maximum absolute atomic E-state index is 12.7. The fraction of sp³-hybridized carbons (Fsp3) is 0.367. The Balaban J connectivity index is 1.47. The minimum absolute atomic E-state index is 0.0889. The lowest BCUT2D eigenvalue weighted by Gasteiger charge is -2.29. The second-order valence-corrected chi connectivity index (χ2v) is 11.8. The fourth-order valence-electron chi connectivity index (χ4n) is 5.00. The van der Waals surface area contributed by atoms with Gasteiger partial charge in [-0.25, -0.2) is 0 Å². The lowest BCUT2D eigenvalue weighted by Crippen LogP contribution is -2.31. The summed E-state index contributed by atoms with van der Waals surface area (Å²) in [6, 6.07) is 22.0. The van der Waals surface area contributed by atoms with Gasteiger partial charge in [0.05, 0.1) is 34.1 Å². The monoisotopic (exact) mass is 533 g/mol. The number of hydrogen-bond donors (Lipinski definition) is 0. The molecule has 8 heteroatoms. The maximum atomic E-state index is 12.7. The van der Waals surface area contributed by atoms with E-state index in [1.54, 1.807) is 19.2 Å². The van der Waals surface area contributed by atoms with Crippen molar-refractivity contribution in [1.29, 1.82) is 0 Å². The summed E-state index contributed by atoms with van der Waals surface area (Å²) in [4.78, 5) is 24.0. The SMILES string of the molecule is CCCC[SiH2]c1cc([C@H]2COC(=O)C(Cc3ccc(OCc4ccccc4)c([N+](=O)[O-])c3)C2)ccc1OC. The van der Waals surface area contributed by atoms with Crippen molar-refractivity contribution in [2.24, 2.45) is 5.92 Å². The van der Waals surface area contributed by atoms with Crippen LogP contribution >= 0.6 is 0 Å². The predicted molar refractivity (Wildman–Crippen MR) is 150 cm³/mol. The van der Waals surface area contributed by atoms with Crippen LogP contribution in [-0.2, 0) is 22.6 Å². The Bertz CT molecular complexity index is 1250. The first-order chi connectivity index (χ1) is 18.5. The number of nitro benzene ring substituents is 1. The molecule has 3 aromatic rings. The normalized spacial score (nSPS) is 17.4. The topological polar surface area (TPSA) is 87.9 Å². The van der Waals surface area contributed by atoms with E-state index >= 15 is 0 Å². The molecule has 3 aromatic carbocycles. The first kappa shape index (κ1) is 27.4. The van der Waals surface area contributed by atoms with Gasteiger partial charge in [0.2, 0.25) is 0 Å². The minimum Gasteiger partial charge on any atom is -0.497 e. The zero-order valence-corrected chi connectivity index (χ0v) is 23.5. The van der Waals surface area contributed by atoms with Crippen LogP contribution in [0.1, 0.15) is 48.8 Å². The van der Waals surface area contributed by atoms with Crippen LogP contribution in [0.2, 0.25) is 6.04 Å². The molecule has 1 saturated heterocycles. The summed E-state index contributed by atoms with van der Waals surface area (Å²) in [6.45, 7) is 2.80. The van der Waals surface area contributed by atoms with Gasteiger partial charge in [-0.3, -0.25) is 14.9 Å². The standard InChI is InChI=1S/C30H35NO6Si/c1-3-4-14-38-29-18-23(11-13-28(29)35-2)25-17-24(30(32)37-20-25)15-22-10-12-27(26(16-22)31(33)34)36-19-21-8-6-5-7-9-21/h5-13,16,18,24-25H,3-4,14-15,17,19-20,38H2,1-2H3/t24?,25-/m1/s1. The van der Waals surface area contributed by atoms with Crippen molar-refractivity contribution in [2.75, 3.05) is 13.7 Å². The van der Waals surface area contributed by atoms with Crippen molar-refractivity contribution < 1.29 is 23.9 Å². The molecule has 0 N–H and O–H groups in total. The van der Waals surface area contributed by atoms with Gasteiger partial charge in [0.25, 0.3) is 0 Å². The number of rotatable bonds is 12. The summed E-state index contributed by atoms with van der Waals surface area (Å²) in [7, 11) is 1.27. The smallest absolute Gasteiger partial charge is 0.311 e. The number of hydrogen-bond acceptors (Lipinski definition) is 6. The van der Waals surface area contributed by atoms with Gasteiger partial charge in [-0.05, 0) is 46.9 Å². The molecule has 1 aliphatic heterocycles. The van der Waals surface area contributed by atoms with E-state index in [2.05, 4.69) is 19.1 Å². The largest absolute Gasteiger partial charge is 0.497 e. The van der Waals surface area contributed by atoms with E-state index < -0.39 is 14.4 Å². The minimum atomic E-state index is -0.437. The van der Waals surface area contributed by atoms with E-state index in [1.165, 1.54) is 30.1 Å². The molecule has 200 valence electrons. The first-order valence-electron chi connectivity index (χ1n) is 13.3. The van der Waals surface area contributed by atoms with Crippen LogP contribution in [0.25, 0.3) is 0 Å². The van der Waals surface area contributed by atoms with Crippen molar-refractivity contribution in [3.63, 3.8) is 0 Å². The Morgan fingerprint density at radius 3 is 2.58 bits per heavy atom. The zero-order valence-electron chi connectivity index (χ0n) is 22.1. The summed E-state index contributed by atoms with van der Waals surface area (Å²) >= 11 is 0. The van der Waals surface area contributed by atoms with E-state index in [9.17, 15) is 14.9 Å². The number of ether oxygens (including phenoxy) is 3. The average Bonchev–Trinajstić information content (AvgIpc) is 2.94. The number of cyclic esters (lactones) is 1. The van der Waals surface area contributed by atoms with Crippen molar-refractivity contribution in [1.82, 2.24) is 0 Å². The predicted octanol–water partition coefficient (Wildman–Crippen LogP) is 5.08. The first-order valence-corrected chi connectivity index (χ1v) is 15.0. The second-order valence-electron chi connectivity index (χ2n) is 9.83. The molecule has 1 aliphatic rings. The highest BCUT2D eigenvalue weighted by Crippen LogP contribution is 2.34. The summed E-state index contributed by atoms with van der Waals surface area (Å²) < 4.78 is 16.9. The van der Waals surface area contributed by atoms with Crippen LogP contribution in [-0.4, -0.2) is 34.1 Å². The number of esters is 1. The van der Waals surface area contributed by atoms with Crippen LogP contribution in [0.5, 0.6) is 11.5 Å². The lowest BCUT2D eigenvalue weighted by molar-refractivity contribution is -0.386. The molecular weight excluding hydrogens is 498 g/mol. The Labute approximate surface area is 226 Å². The number of benzene rings is 3. The van der Waals surface area contributed by atoms with Gasteiger partial charge in [-0.15, -0.1) is 0 Å². The molecule has 4 rings (SSSR count). The van der Waals surface area contributed by atoms with Gasteiger partial charge in [0, 0.05) is 12.0 Å². The second kappa shape index (κ2) is 13.2. The van der Waals surface area contributed by atoms with Gasteiger partial charge in [-0.1, -0.05) is 74.3 Å². The van der Waals surface area contributed by atoms with Gasteiger partial charge in [0.15, 0.2) is 5.75 Å². The highest BCUT2D eigenvalue weighted by molar-refractivity contribution is 6.54. The Morgan fingerprint density at radius 1 is 1.05 bits per heavy atom. The Kier molecular flexibility index (Phi) is 9.54. The molecule has 0 bridgehead atoms. The summed E-state index contributed by atoms with van der Waals surface area (Å²) in [6.07, 6.45) is 3.43. The molecule has 7 nitrogen and oxygen atoms in total. The highest BCUT2D eigenvalue weighted by atomic mass is 28.2. The van der Waals surface area contributed by atoms with Crippen LogP contribution in [0.15, 0.2) is 66.7 Å². The summed E-state index contributed by atoms with van der Waals surface area (Å²) in [5.74, 6) is 0.630. The van der Waals surface area contributed by atoms with E-state index in [-0.39, 0.29) is 35.8 Å². The Hall–Kier alpha value is -3.65. The van der Waals surface area contributed by atoms with E-state index in [1.807, 2.05) is 36.4 Å². The van der Waals surface area contributed by atoms with Crippen molar-refractivity contribution >= 4 is 26.4 Å². The molecule has 1 heterocycles. The third kappa shape index (κ3) is 7.01. The quantitative estimate of drug-likeness (QED) is 0.106. The van der Waals surface area contributed by atoms with E-state index in [4.69, 9.17) is 14.2 Å². The molecule has 1 unspecified atom stereocenters. The number of carbonyl (C=O) groups excluding carboxylic acids is 1. The molecule has 0 aliphatic carbocycles. The number of carbonyl (C=O) groups is 1. The number of nitro groups is 1. The van der Waals surface area contributed by atoms with E-state index in [0.717, 1.165) is 16.9 Å². The van der Waals surface area contributed by atoms with Gasteiger partial charge >= 0.3 is 11.7 Å². The van der Waals surface area contributed by atoms with E-state index in [0.29, 0.717) is 25.0 Å². The molecule has 0 amide bonds. The summed E-state index contributed by atoms with van der Waals surface area (Å²) in [5, 5.41) is 13.1. The average molecular weight is 534 g/mol. The third-order valence-corrected chi connectivity index (χ3v) is 9.04.